The highest BCUT2D eigenvalue weighted by Crippen LogP contribution is 2.25. The minimum Gasteiger partial charge on any atom is -0.352 e. The van der Waals surface area contributed by atoms with E-state index in [2.05, 4.69) is 22.2 Å². The molecule has 1 aliphatic carbocycles. The standard InChI is InChI=1S/C16H23N3O3S/c1-9-6-4-5-7-12(9)18-13(21)8-23-15-14(11(3)20)10(2)17-16(22)19-15/h9,12H,4-8H2,1-3H3,(H,18,21)(H,17,19,22). The van der Waals surface area contributed by atoms with Gasteiger partial charge in [-0.15, -0.1) is 0 Å². The molecule has 1 aromatic rings. The largest absolute Gasteiger partial charge is 0.352 e. The normalized spacial score (nSPS) is 21.0. The van der Waals surface area contributed by atoms with E-state index in [4.69, 9.17) is 0 Å². The maximum absolute atomic E-state index is 12.2. The van der Waals surface area contributed by atoms with Gasteiger partial charge >= 0.3 is 5.69 Å². The van der Waals surface area contributed by atoms with Crippen LogP contribution in [0.2, 0.25) is 0 Å². The van der Waals surface area contributed by atoms with Gasteiger partial charge < -0.3 is 10.3 Å². The number of Topliss-reactive ketones (excluding diaryl/α,β-unsaturated/α-hetero) is 1. The van der Waals surface area contributed by atoms with E-state index < -0.39 is 5.69 Å². The lowest BCUT2D eigenvalue weighted by molar-refractivity contribution is -0.119. The summed E-state index contributed by atoms with van der Waals surface area (Å²) in [6.07, 6.45) is 4.52. The molecule has 0 spiro atoms. The van der Waals surface area contributed by atoms with Crippen molar-refractivity contribution < 1.29 is 9.59 Å². The summed E-state index contributed by atoms with van der Waals surface area (Å²) in [6, 6.07) is 0.220. The zero-order valence-electron chi connectivity index (χ0n) is 13.8. The van der Waals surface area contributed by atoms with Crippen molar-refractivity contribution in [2.75, 3.05) is 5.75 Å². The lowest BCUT2D eigenvalue weighted by atomic mass is 9.86. The molecule has 0 radical (unpaired) electrons. The molecule has 1 fully saturated rings. The predicted octanol–water partition coefficient (Wildman–Crippen LogP) is 2.07. The van der Waals surface area contributed by atoms with Crippen LogP contribution in [0.25, 0.3) is 0 Å². The molecule has 126 valence electrons. The third-order valence-electron chi connectivity index (χ3n) is 4.24. The Morgan fingerprint density at radius 1 is 1.35 bits per heavy atom. The molecule has 0 saturated heterocycles. The van der Waals surface area contributed by atoms with Crippen LogP contribution in [0.5, 0.6) is 0 Å². The number of hydrogen-bond donors (Lipinski definition) is 2. The quantitative estimate of drug-likeness (QED) is 0.487. The molecule has 6 nitrogen and oxygen atoms in total. The van der Waals surface area contributed by atoms with Gasteiger partial charge in [-0.3, -0.25) is 9.59 Å². The van der Waals surface area contributed by atoms with Gasteiger partial charge in [-0.1, -0.05) is 31.5 Å². The second-order valence-corrected chi connectivity index (χ2v) is 7.09. The minimum absolute atomic E-state index is 0.0806. The molecule has 1 amide bonds. The number of hydrogen-bond acceptors (Lipinski definition) is 5. The Labute approximate surface area is 139 Å². The van der Waals surface area contributed by atoms with Gasteiger partial charge in [-0.05, 0) is 32.6 Å². The molecule has 2 atom stereocenters. The van der Waals surface area contributed by atoms with Crippen molar-refractivity contribution in [2.24, 2.45) is 5.92 Å². The van der Waals surface area contributed by atoms with Gasteiger partial charge in [-0.2, -0.15) is 4.98 Å². The molecule has 0 aliphatic heterocycles. The van der Waals surface area contributed by atoms with E-state index in [-0.39, 0.29) is 23.5 Å². The summed E-state index contributed by atoms with van der Waals surface area (Å²) in [7, 11) is 0. The molecule has 23 heavy (non-hydrogen) atoms. The average Bonchev–Trinajstić information content (AvgIpc) is 2.46. The van der Waals surface area contributed by atoms with Crippen LogP contribution in [-0.2, 0) is 4.79 Å². The Morgan fingerprint density at radius 2 is 2.04 bits per heavy atom. The molecular weight excluding hydrogens is 314 g/mol. The van der Waals surface area contributed by atoms with Crippen LogP contribution in [0.3, 0.4) is 0 Å². The number of ketones is 1. The fourth-order valence-electron chi connectivity index (χ4n) is 2.99. The fourth-order valence-corrected chi connectivity index (χ4v) is 3.93. The number of aromatic nitrogens is 2. The first kappa shape index (κ1) is 17.7. The Bertz CT molecular complexity index is 656. The zero-order valence-corrected chi connectivity index (χ0v) is 14.6. The molecule has 7 heteroatoms. The summed E-state index contributed by atoms with van der Waals surface area (Å²) in [5.74, 6) is 0.391. The van der Waals surface area contributed by atoms with E-state index in [9.17, 15) is 14.4 Å². The van der Waals surface area contributed by atoms with Crippen molar-refractivity contribution in [3.63, 3.8) is 0 Å². The molecular formula is C16H23N3O3S. The van der Waals surface area contributed by atoms with Crippen LogP contribution in [0, 0.1) is 12.8 Å². The van der Waals surface area contributed by atoms with Gasteiger partial charge in [0.25, 0.3) is 0 Å². The van der Waals surface area contributed by atoms with Crippen LogP contribution in [-0.4, -0.2) is 33.5 Å². The SMILES string of the molecule is CC(=O)c1c(SCC(=O)NC2CCCCC2C)nc(=O)[nH]c1C. The predicted molar refractivity (Wildman–Crippen MR) is 89.9 cm³/mol. The van der Waals surface area contributed by atoms with Crippen LogP contribution < -0.4 is 11.0 Å². The number of thioether (sulfide) groups is 1. The van der Waals surface area contributed by atoms with Crippen molar-refractivity contribution in [2.45, 2.75) is 57.5 Å². The molecule has 0 bridgehead atoms. The summed E-state index contributed by atoms with van der Waals surface area (Å²) in [6.45, 7) is 5.25. The molecule has 2 rings (SSSR count). The lowest BCUT2D eigenvalue weighted by Gasteiger charge is -2.29. The number of aryl methyl sites for hydroxylation is 1. The fraction of sp³-hybridized carbons (Fsp3) is 0.625. The summed E-state index contributed by atoms with van der Waals surface area (Å²) in [5, 5.41) is 3.38. The van der Waals surface area contributed by atoms with Crippen LogP contribution in [0.4, 0.5) is 0 Å². The smallest absolute Gasteiger partial charge is 0.346 e. The van der Waals surface area contributed by atoms with Crippen molar-refractivity contribution in [3.05, 3.63) is 21.7 Å². The summed E-state index contributed by atoms with van der Waals surface area (Å²) in [5.41, 5.74) is 0.367. The van der Waals surface area contributed by atoms with Crippen molar-refractivity contribution in [1.82, 2.24) is 15.3 Å². The highest BCUT2D eigenvalue weighted by atomic mass is 32.2. The van der Waals surface area contributed by atoms with E-state index in [0.717, 1.165) is 31.0 Å². The van der Waals surface area contributed by atoms with Crippen LogP contribution in [0.15, 0.2) is 9.82 Å². The Morgan fingerprint density at radius 3 is 2.70 bits per heavy atom. The van der Waals surface area contributed by atoms with Crippen LogP contribution in [0.1, 0.15) is 55.6 Å². The van der Waals surface area contributed by atoms with Crippen LogP contribution >= 0.6 is 11.8 Å². The Balaban J connectivity index is 2.01. The number of carbonyl (C=O) groups excluding carboxylic acids is 2. The van der Waals surface area contributed by atoms with Gasteiger partial charge in [-0.25, -0.2) is 4.79 Å². The second-order valence-electron chi connectivity index (χ2n) is 6.13. The molecule has 1 aliphatic rings. The first-order valence-electron chi connectivity index (χ1n) is 7.92. The summed E-state index contributed by atoms with van der Waals surface area (Å²) >= 11 is 1.14. The second kappa shape index (κ2) is 7.77. The number of nitrogens with zero attached hydrogens (tertiary/aromatic N) is 1. The highest BCUT2D eigenvalue weighted by molar-refractivity contribution is 8.00. The molecule has 1 heterocycles. The number of aromatic amines is 1. The maximum atomic E-state index is 12.2. The third-order valence-corrected chi connectivity index (χ3v) is 5.21. The number of rotatable bonds is 5. The monoisotopic (exact) mass is 337 g/mol. The van der Waals surface area contributed by atoms with Gasteiger partial charge in [0.2, 0.25) is 5.91 Å². The van der Waals surface area contributed by atoms with Gasteiger partial charge in [0.1, 0.15) is 5.03 Å². The van der Waals surface area contributed by atoms with Gasteiger partial charge in [0.05, 0.1) is 11.3 Å². The number of amides is 1. The topological polar surface area (TPSA) is 91.9 Å². The molecule has 1 aromatic heterocycles. The van der Waals surface area contributed by atoms with Crippen molar-refractivity contribution >= 4 is 23.5 Å². The van der Waals surface area contributed by atoms with Gasteiger partial charge in [0.15, 0.2) is 5.78 Å². The van der Waals surface area contributed by atoms with E-state index >= 15 is 0 Å². The first-order chi connectivity index (χ1) is 10.9. The number of carbonyl (C=O) groups is 2. The van der Waals surface area contributed by atoms with Crippen molar-refractivity contribution in [1.29, 1.82) is 0 Å². The number of H-pyrrole nitrogens is 1. The highest BCUT2D eigenvalue weighted by Gasteiger charge is 2.23. The molecule has 0 aromatic carbocycles. The summed E-state index contributed by atoms with van der Waals surface area (Å²) < 4.78 is 0. The molecule has 2 unspecified atom stereocenters. The van der Waals surface area contributed by atoms with E-state index in [1.807, 2.05) is 0 Å². The average molecular weight is 337 g/mol. The molecule has 2 N–H and O–H groups in total. The zero-order chi connectivity index (χ0) is 17.0. The third kappa shape index (κ3) is 4.67. The van der Waals surface area contributed by atoms with Crippen molar-refractivity contribution in [3.8, 4) is 0 Å². The van der Waals surface area contributed by atoms with Gasteiger partial charge in [0, 0.05) is 11.7 Å². The maximum Gasteiger partial charge on any atom is 0.346 e. The molecule has 1 saturated carbocycles. The van der Waals surface area contributed by atoms with E-state index in [1.165, 1.54) is 13.3 Å². The first-order valence-corrected chi connectivity index (χ1v) is 8.91. The lowest BCUT2D eigenvalue weighted by Crippen LogP contribution is -2.41. The van der Waals surface area contributed by atoms with E-state index in [1.54, 1.807) is 6.92 Å². The summed E-state index contributed by atoms with van der Waals surface area (Å²) in [4.78, 5) is 41.7. The Kier molecular flexibility index (Phi) is 5.98. The minimum atomic E-state index is -0.503. The van der Waals surface area contributed by atoms with E-state index in [0.29, 0.717) is 22.2 Å². The Hall–Kier alpha value is -1.63. The number of nitrogens with one attached hydrogen (secondary N) is 2.